The molecule has 8 heteroatoms. The number of rotatable bonds is 6. The van der Waals surface area contributed by atoms with Crippen LogP contribution in [0, 0.1) is 0 Å². The quantitative estimate of drug-likeness (QED) is 0.645. The van der Waals surface area contributed by atoms with Crippen LogP contribution in [0.3, 0.4) is 0 Å². The van der Waals surface area contributed by atoms with Crippen LogP contribution in [0.15, 0.2) is 23.4 Å². The number of aromatic nitrogens is 4. The minimum Gasteiger partial charge on any atom is -0.494 e. The number of hydrogen-bond acceptors (Lipinski definition) is 6. The predicted molar refractivity (Wildman–Crippen MR) is 83.1 cm³/mol. The summed E-state index contributed by atoms with van der Waals surface area (Å²) in [5.41, 5.74) is 2.02. The number of amides is 1. The lowest BCUT2D eigenvalue weighted by molar-refractivity contribution is -0.116. The summed E-state index contributed by atoms with van der Waals surface area (Å²) in [7, 11) is 0. The van der Waals surface area contributed by atoms with E-state index in [0.717, 1.165) is 41.5 Å². The number of hydrogen-bond donors (Lipinski definition) is 1. The summed E-state index contributed by atoms with van der Waals surface area (Å²) in [6.45, 7) is 1.32. The van der Waals surface area contributed by atoms with Crippen molar-refractivity contribution in [1.82, 2.24) is 20.2 Å². The third kappa shape index (κ3) is 3.38. The van der Waals surface area contributed by atoms with Crippen LogP contribution in [0.25, 0.3) is 0 Å². The molecule has 7 nitrogen and oxygen atoms in total. The molecule has 0 unspecified atom stereocenters. The molecule has 0 saturated heterocycles. The molecule has 0 bridgehead atoms. The summed E-state index contributed by atoms with van der Waals surface area (Å²) in [5.74, 6) is 0.906. The third-order valence-electron chi connectivity index (χ3n) is 3.44. The highest BCUT2D eigenvalue weighted by molar-refractivity contribution is 7.98. The molecular formula is C14H17N5O2S. The fourth-order valence-electron chi connectivity index (χ4n) is 2.34. The Morgan fingerprint density at radius 1 is 1.41 bits per heavy atom. The Bertz CT molecular complexity index is 673. The Hall–Kier alpha value is -2.09. The number of anilines is 1. The molecule has 0 saturated carbocycles. The highest BCUT2D eigenvalue weighted by Gasteiger charge is 2.14. The Morgan fingerprint density at radius 2 is 2.32 bits per heavy atom. The molecule has 1 aromatic carbocycles. The Kier molecular flexibility index (Phi) is 4.57. The normalized spacial score (nSPS) is 13.6. The largest absolute Gasteiger partial charge is 0.494 e. The second-order valence-electron chi connectivity index (χ2n) is 4.96. The highest BCUT2D eigenvalue weighted by Crippen LogP contribution is 2.26. The lowest BCUT2D eigenvalue weighted by Gasteiger charge is -2.17. The number of carbonyl (C=O) groups is 1. The number of carbonyl (C=O) groups excluding carboxylic acids is 1. The molecule has 0 radical (unpaired) electrons. The van der Waals surface area contributed by atoms with E-state index in [9.17, 15) is 4.79 Å². The molecule has 116 valence electrons. The average Bonchev–Trinajstić information content (AvgIpc) is 2.99. The summed E-state index contributed by atoms with van der Waals surface area (Å²) < 4.78 is 7.54. The van der Waals surface area contributed by atoms with Gasteiger partial charge in [-0.3, -0.25) is 4.79 Å². The first-order chi connectivity index (χ1) is 10.8. The highest BCUT2D eigenvalue weighted by atomic mass is 32.2. The van der Waals surface area contributed by atoms with Gasteiger partial charge in [0.05, 0.1) is 6.61 Å². The summed E-state index contributed by atoms with van der Waals surface area (Å²) in [4.78, 5) is 11.3. The van der Waals surface area contributed by atoms with Crippen molar-refractivity contribution in [2.75, 3.05) is 18.2 Å². The van der Waals surface area contributed by atoms with Crippen molar-refractivity contribution in [3.05, 3.63) is 23.8 Å². The van der Waals surface area contributed by atoms with Crippen LogP contribution in [0.5, 0.6) is 5.75 Å². The maximum absolute atomic E-state index is 11.3. The molecule has 1 aliphatic rings. The number of ether oxygens (including phenoxy) is 1. The Morgan fingerprint density at radius 3 is 3.18 bits per heavy atom. The van der Waals surface area contributed by atoms with Gasteiger partial charge in [-0.05, 0) is 46.9 Å². The predicted octanol–water partition coefficient (Wildman–Crippen LogP) is 1.75. The van der Waals surface area contributed by atoms with Crippen molar-refractivity contribution < 1.29 is 9.53 Å². The van der Waals surface area contributed by atoms with Gasteiger partial charge in [0.2, 0.25) is 11.1 Å². The molecule has 22 heavy (non-hydrogen) atoms. The van der Waals surface area contributed by atoms with Gasteiger partial charge in [0.15, 0.2) is 0 Å². The molecule has 0 fully saturated rings. The van der Waals surface area contributed by atoms with Crippen molar-refractivity contribution in [3.63, 3.8) is 0 Å². The van der Waals surface area contributed by atoms with E-state index in [1.54, 1.807) is 4.68 Å². The standard InChI is InChI=1S/C14H17N5O2S/c1-22-14-16-17-18-19(14)7-2-8-21-11-4-5-12-10(9-11)3-6-13(20)15-12/h4-5,9H,2-3,6-8H2,1H3,(H,15,20). The zero-order valence-corrected chi connectivity index (χ0v) is 13.1. The second-order valence-corrected chi connectivity index (χ2v) is 5.73. The van der Waals surface area contributed by atoms with Crippen molar-refractivity contribution in [2.24, 2.45) is 0 Å². The number of thioether (sulfide) groups is 1. The van der Waals surface area contributed by atoms with E-state index in [4.69, 9.17) is 4.74 Å². The zero-order valence-electron chi connectivity index (χ0n) is 12.3. The van der Waals surface area contributed by atoms with Gasteiger partial charge in [0, 0.05) is 25.1 Å². The van der Waals surface area contributed by atoms with Crippen molar-refractivity contribution in [2.45, 2.75) is 31.0 Å². The smallest absolute Gasteiger partial charge is 0.224 e. The van der Waals surface area contributed by atoms with Crippen LogP contribution < -0.4 is 10.1 Å². The van der Waals surface area contributed by atoms with Gasteiger partial charge < -0.3 is 10.1 Å². The number of fused-ring (bicyclic) bond motifs is 1. The van der Waals surface area contributed by atoms with E-state index >= 15 is 0 Å². The van der Waals surface area contributed by atoms with Crippen LogP contribution in [-0.4, -0.2) is 39.0 Å². The summed E-state index contributed by atoms with van der Waals surface area (Å²) in [6.07, 6.45) is 4.07. The number of benzene rings is 1. The van der Waals surface area contributed by atoms with Gasteiger partial charge in [-0.2, -0.15) is 0 Å². The van der Waals surface area contributed by atoms with Crippen LogP contribution in [0.4, 0.5) is 5.69 Å². The molecule has 2 heterocycles. The maximum Gasteiger partial charge on any atom is 0.224 e. The lowest BCUT2D eigenvalue weighted by Crippen LogP contribution is -2.18. The van der Waals surface area contributed by atoms with E-state index in [1.165, 1.54) is 11.8 Å². The first-order valence-electron chi connectivity index (χ1n) is 7.12. The average molecular weight is 319 g/mol. The van der Waals surface area contributed by atoms with Crippen LogP contribution in [0.1, 0.15) is 18.4 Å². The molecule has 2 aromatic rings. The lowest BCUT2D eigenvalue weighted by atomic mass is 10.0. The van der Waals surface area contributed by atoms with Gasteiger partial charge in [-0.15, -0.1) is 5.10 Å². The number of aryl methyl sites for hydroxylation is 2. The SMILES string of the molecule is CSc1nnnn1CCCOc1ccc2c(c1)CCC(=O)N2. The van der Waals surface area contributed by atoms with Crippen LogP contribution in [-0.2, 0) is 17.8 Å². The summed E-state index contributed by atoms with van der Waals surface area (Å²) in [5, 5.41) is 15.2. The van der Waals surface area contributed by atoms with E-state index < -0.39 is 0 Å². The van der Waals surface area contributed by atoms with Crippen molar-refractivity contribution >= 4 is 23.4 Å². The first kappa shape index (κ1) is 14.8. The van der Waals surface area contributed by atoms with Crippen molar-refractivity contribution in [1.29, 1.82) is 0 Å². The maximum atomic E-state index is 11.3. The summed E-state index contributed by atoms with van der Waals surface area (Å²) >= 11 is 1.52. The van der Waals surface area contributed by atoms with E-state index in [0.29, 0.717) is 13.0 Å². The first-order valence-corrected chi connectivity index (χ1v) is 8.34. The van der Waals surface area contributed by atoms with E-state index in [2.05, 4.69) is 20.8 Å². The molecule has 0 atom stereocenters. The van der Waals surface area contributed by atoms with Gasteiger partial charge in [0.1, 0.15) is 5.75 Å². The van der Waals surface area contributed by atoms with E-state index in [1.807, 2.05) is 24.5 Å². The van der Waals surface area contributed by atoms with E-state index in [-0.39, 0.29) is 5.91 Å². The van der Waals surface area contributed by atoms with Crippen molar-refractivity contribution in [3.8, 4) is 5.75 Å². The molecule has 0 spiro atoms. The fourth-order valence-corrected chi connectivity index (χ4v) is 2.79. The van der Waals surface area contributed by atoms with Gasteiger partial charge in [-0.1, -0.05) is 11.8 Å². The summed E-state index contributed by atoms with van der Waals surface area (Å²) in [6, 6.07) is 5.78. The minimum atomic E-state index is 0.0761. The number of tetrazole rings is 1. The second kappa shape index (κ2) is 6.78. The van der Waals surface area contributed by atoms with Crippen LogP contribution >= 0.6 is 11.8 Å². The van der Waals surface area contributed by atoms with Crippen LogP contribution in [0.2, 0.25) is 0 Å². The van der Waals surface area contributed by atoms with Gasteiger partial charge >= 0.3 is 0 Å². The Labute approximate surface area is 132 Å². The molecule has 3 rings (SSSR count). The topological polar surface area (TPSA) is 81.9 Å². The molecule has 1 aromatic heterocycles. The molecule has 0 aliphatic carbocycles. The van der Waals surface area contributed by atoms with Gasteiger partial charge in [-0.25, -0.2) is 4.68 Å². The fraction of sp³-hybridized carbons (Fsp3) is 0.429. The molecular weight excluding hydrogens is 302 g/mol. The number of nitrogens with one attached hydrogen (secondary N) is 1. The monoisotopic (exact) mass is 319 g/mol. The third-order valence-corrected chi connectivity index (χ3v) is 4.09. The van der Waals surface area contributed by atoms with Gasteiger partial charge in [0.25, 0.3) is 0 Å². The minimum absolute atomic E-state index is 0.0761. The Balaban J connectivity index is 1.51. The zero-order chi connectivity index (χ0) is 15.4. The molecule has 1 aliphatic heterocycles. The molecule has 1 N–H and O–H groups in total. The number of nitrogens with zero attached hydrogens (tertiary/aromatic N) is 4. The molecule has 1 amide bonds.